The Balaban J connectivity index is 2.37. The van der Waals surface area contributed by atoms with Gasteiger partial charge in [0.05, 0.1) is 0 Å². The van der Waals surface area contributed by atoms with Gasteiger partial charge in [-0.25, -0.2) is 0 Å². The smallest absolute Gasteiger partial charge is 0.00747 e. The molecule has 1 heteroatoms. The molecular weight excluding hydrogens is 182 g/mol. The summed E-state index contributed by atoms with van der Waals surface area (Å²) in [4.78, 5) is 0. The first kappa shape index (κ1) is 12.3. The van der Waals surface area contributed by atoms with Gasteiger partial charge in [-0.05, 0) is 49.3 Å². The molecule has 1 rings (SSSR count). The van der Waals surface area contributed by atoms with Crippen LogP contribution in [0.25, 0.3) is 0 Å². The highest BCUT2D eigenvalue weighted by molar-refractivity contribution is 5.22. The van der Waals surface area contributed by atoms with E-state index < -0.39 is 0 Å². The van der Waals surface area contributed by atoms with E-state index in [2.05, 4.69) is 38.1 Å². The van der Waals surface area contributed by atoms with Crippen LogP contribution in [0.4, 0.5) is 0 Å². The zero-order valence-electron chi connectivity index (χ0n) is 10.00. The van der Waals surface area contributed by atoms with Crippen LogP contribution < -0.4 is 5.73 Å². The molecule has 0 saturated carbocycles. The van der Waals surface area contributed by atoms with Crippen molar-refractivity contribution in [3.8, 4) is 0 Å². The van der Waals surface area contributed by atoms with E-state index in [0.717, 1.165) is 25.3 Å². The number of nitrogens with two attached hydrogens (primary N) is 1. The maximum Gasteiger partial charge on any atom is -0.00747 e. The second-order valence-corrected chi connectivity index (χ2v) is 4.39. The lowest BCUT2D eigenvalue weighted by atomic mass is 9.97. The number of benzene rings is 1. The molecule has 0 radical (unpaired) electrons. The first-order valence-electron chi connectivity index (χ1n) is 6.04. The fourth-order valence-electron chi connectivity index (χ4n) is 1.78. The van der Waals surface area contributed by atoms with Crippen molar-refractivity contribution < 1.29 is 0 Å². The molecule has 0 aliphatic heterocycles. The Labute approximate surface area is 93.7 Å². The van der Waals surface area contributed by atoms with Gasteiger partial charge in [0, 0.05) is 0 Å². The van der Waals surface area contributed by atoms with Gasteiger partial charge < -0.3 is 5.73 Å². The number of hydrogen-bond donors (Lipinski definition) is 1. The van der Waals surface area contributed by atoms with E-state index in [1.807, 2.05) is 0 Å². The molecule has 0 aliphatic rings. The van der Waals surface area contributed by atoms with E-state index in [1.165, 1.54) is 24.0 Å². The molecule has 2 N–H and O–H groups in total. The van der Waals surface area contributed by atoms with Gasteiger partial charge >= 0.3 is 0 Å². The topological polar surface area (TPSA) is 26.0 Å². The average molecular weight is 205 g/mol. The second-order valence-electron chi connectivity index (χ2n) is 4.39. The molecule has 0 bridgehead atoms. The molecule has 0 heterocycles. The van der Waals surface area contributed by atoms with Crippen molar-refractivity contribution in [2.45, 2.75) is 39.5 Å². The molecule has 1 atom stereocenters. The predicted octanol–water partition coefficient (Wildman–Crippen LogP) is 3.17. The minimum absolute atomic E-state index is 0.751. The van der Waals surface area contributed by atoms with Crippen LogP contribution in [-0.4, -0.2) is 6.54 Å². The van der Waals surface area contributed by atoms with Crippen LogP contribution in [-0.2, 0) is 12.8 Å². The Kier molecular flexibility index (Phi) is 5.41. The molecule has 15 heavy (non-hydrogen) atoms. The van der Waals surface area contributed by atoms with Gasteiger partial charge in [-0.2, -0.15) is 0 Å². The standard InChI is InChI=1S/C14H23N/c1-3-13-6-8-14(9-7-13)5-4-12(2)10-11-15/h6-9,12H,3-5,10-11,15H2,1-2H3. The summed E-state index contributed by atoms with van der Waals surface area (Å²) >= 11 is 0. The number of aryl methyl sites for hydroxylation is 2. The Morgan fingerprint density at radius 1 is 1.07 bits per heavy atom. The Hall–Kier alpha value is -0.820. The summed E-state index contributed by atoms with van der Waals surface area (Å²) < 4.78 is 0. The molecule has 0 aromatic heterocycles. The Morgan fingerprint density at radius 2 is 1.67 bits per heavy atom. The second kappa shape index (κ2) is 6.62. The number of rotatable bonds is 6. The van der Waals surface area contributed by atoms with Crippen LogP contribution >= 0.6 is 0 Å². The van der Waals surface area contributed by atoms with E-state index in [9.17, 15) is 0 Å². The Bertz CT molecular complexity index is 263. The SMILES string of the molecule is CCc1ccc(CCC(C)CCN)cc1. The molecule has 0 saturated heterocycles. The summed E-state index contributed by atoms with van der Waals surface area (Å²) in [5, 5.41) is 0. The zero-order valence-corrected chi connectivity index (χ0v) is 10.00. The highest BCUT2D eigenvalue weighted by Gasteiger charge is 2.01. The summed E-state index contributed by atoms with van der Waals surface area (Å²) in [6.45, 7) is 5.29. The molecule has 1 unspecified atom stereocenters. The van der Waals surface area contributed by atoms with Crippen LogP contribution in [0.3, 0.4) is 0 Å². The quantitative estimate of drug-likeness (QED) is 0.758. The van der Waals surface area contributed by atoms with Gasteiger partial charge in [-0.1, -0.05) is 38.1 Å². The van der Waals surface area contributed by atoms with Gasteiger partial charge in [-0.3, -0.25) is 0 Å². The molecule has 0 spiro atoms. The third-order valence-corrected chi connectivity index (χ3v) is 3.02. The van der Waals surface area contributed by atoms with Crippen LogP contribution in [0.15, 0.2) is 24.3 Å². The van der Waals surface area contributed by atoms with E-state index >= 15 is 0 Å². The van der Waals surface area contributed by atoms with Crippen LogP contribution in [0.2, 0.25) is 0 Å². The van der Waals surface area contributed by atoms with Crippen molar-refractivity contribution in [3.05, 3.63) is 35.4 Å². The average Bonchev–Trinajstić information content (AvgIpc) is 2.27. The van der Waals surface area contributed by atoms with Crippen molar-refractivity contribution >= 4 is 0 Å². The fraction of sp³-hybridized carbons (Fsp3) is 0.571. The summed E-state index contributed by atoms with van der Waals surface area (Å²) in [5.74, 6) is 0.751. The van der Waals surface area contributed by atoms with Crippen molar-refractivity contribution in [2.75, 3.05) is 6.54 Å². The van der Waals surface area contributed by atoms with Gasteiger partial charge in [-0.15, -0.1) is 0 Å². The minimum Gasteiger partial charge on any atom is -0.330 e. The van der Waals surface area contributed by atoms with Crippen molar-refractivity contribution in [2.24, 2.45) is 11.7 Å². The van der Waals surface area contributed by atoms with Crippen LogP contribution in [0.1, 0.15) is 37.8 Å². The first-order chi connectivity index (χ1) is 7.26. The van der Waals surface area contributed by atoms with E-state index in [4.69, 9.17) is 5.73 Å². The lowest BCUT2D eigenvalue weighted by Gasteiger charge is -2.09. The molecular formula is C14H23N. The third-order valence-electron chi connectivity index (χ3n) is 3.02. The fourth-order valence-corrected chi connectivity index (χ4v) is 1.78. The predicted molar refractivity (Wildman–Crippen MR) is 67.0 cm³/mol. The Morgan fingerprint density at radius 3 is 2.20 bits per heavy atom. The molecule has 1 nitrogen and oxygen atoms in total. The van der Waals surface area contributed by atoms with Gasteiger partial charge in [0.1, 0.15) is 0 Å². The first-order valence-corrected chi connectivity index (χ1v) is 6.04. The van der Waals surface area contributed by atoms with Gasteiger partial charge in [0.25, 0.3) is 0 Å². The minimum atomic E-state index is 0.751. The molecule has 0 aliphatic carbocycles. The summed E-state index contributed by atoms with van der Waals surface area (Å²) in [7, 11) is 0. The largest absolute Gasteiger partial charge is 0.330 e. The molecule has 1 aromatic rings. The highest BCUT2D eigenvalue weighted by atomic mass is 14.5. The van der Waals surface area contributed by atoms with Crippen molar-refractivity contribution in [1.82, 2.24) is 0 Å². The maximum absolute atomic E-state index is 5.54. The monoisotopic (exact) mass is 205 g/mol. The summed E-state index contributed by atoms with van der Waals surface area (Å²) in [5.41, 5.74) is 8.42. The van der Waals surface area contributed by atoms with Gasteiger partial charge in [0.2, 0.25) is 0 Å². The van der Waals surface area contributed by atoms with Gasteiger partial charge in [0.15, 0.2) is 0 Å². The lowest BCUT2D eigenvalue weighted by Crippen LogP contribution is -2.06. The molecule has 1 aromatic carbocycles. The van der Waals surface area contributed by atoms with Crippen LogP contribution in [0.5, 0.6) is 0 Å². The van der Waals surface area contributed by atoms with Crippen LogP contribution in [0, 0.1) is 5.92 Å². The highest BCUT2D eigenvalue weighted by Crippen LogP contribution is 2.13. The lowest BCUT2D eigenvalue weighted by molar-refractivity contribution is 0.500. The van der Waals surface area contributed by atoms with E-state index in [-0.39, 0.29) is 0 Å². The maximum atomic E-state index is 5.54. The third kappa shape index (κ3) is 4.48. The summed E-state index contributed by atoms with van der Waals surface area (Å²) in [6, 6.07) is 8.99. The molecule has 0 amide bonds. The zero-order chi connectivity index (χ0) is 11.1. The van der Waals surface area contributed by atoms with E-state index in [0.29, 0.717) is 0 Å². The van der Waals surface area contributed by atoms with Crippen molar-refractivity contribution in [3.63, 3.8) is 0 Å². The van der Waals surface area contributed by atoms with Crippen molar-refractivity contribution in [1.29, 1.82) is 0 Å². The molecule has 84 valence electrons. The molecule has 0 fully saturated rings. The van der Waals surface area contributed by atoms with E-state index in [1.54, 1.807) is 0 Å². The normalized spacial score (nSPS) is 12.7. The number of hydrogen-bond acceptors (Lipinski definition) is 1. The summed E-state index contributed by atoms with van der Waals surface area (Å²) in [6.07, 6.45) is 4.71.